The first-order valence-corrected chi connectivity index (χ1v) is 8.46. The van der Waals surface area contributed by atoms with Gasteiger partial charge < -0.3 is 14.3 Å². The van der Waals surface area contributed by atoms with Crippen LogP contribution in [-0.2, 0) is 35.3 Å². The number of benzene rings is 1. The Labute approximate surface area is 160 Å². The third-order valence-electron chi connectivity index (χ3n) is 4.56. The van der Waals surface area contributed by atoms with Crippen LogP contribution in [0, 0.1) is 23.4 Å². The first-order chi connectivity index (χ1) is 13.6. The minimum atomic E-state index is -4.67. The Hall–Kier alpha value is -2.92. The zero-order chi connectivity index (χ0) is 21.3. The lowest BCUT2D eigenvalue weighted by Gasteiger charge is -2.28. The van der Waals surface area contributed by atoms with E-state index in [1.54, 1.807) is 0 Å². The fourth-order valence-electron chi connectivity index (χ4n) is 3.10. The first kappa shape index (κ1) is 20.8. The number of rotatable bonds is 5. The van der Waals surface area contributed by atoms with Gasteiger partial charge in [0.15, 0.2) is 17.5 Å². The highest BCUT2D eigenvalue weighted by Crippen LogP contribution is 2.29. The van der Waals surface area contributed by atoms with Crippen molar-refractivity contribution in [2.24, 2.45) is 5.92 Å². The smallest absolute Gasteiger partial charge is 0.333 e. The second-order valence-electron chi connectivity index (χ2n) is 6.57. The number of aldehydes is 1. The van der Waals surface area contributed by atoms with Gasteiger partial charge in [0.05, 0.1) is 6.54 Å². The van der Waals surface area contributed by atoms with Crippen LogP contribution < -0.4 is 0 Å². The molecule has 1 aromatic carbocycles. The summed E-state index contributed by atoms with van der Waals surface area (Å²) in [4.78, 5) is 24.9. The molecule has 29 heavy (non-hydrogen) atoms. The standard InChI is InChI=1S/C17H14F6N4O2/c18-11-6-13(20)12(19)5-10(11)3-9(8-28)4-15(29)26-1-2-27-14(7-26)24-25-16(27)17(21,22)23/h5-6,8-9H,1-4,7H2. The van der Waals surface area contributed by atoms with Gasteiger partial charge in [-0.1, -0.05) is 0 Å². The summed E-state index contributed by atoms with van der Waals surface area (Å²) in [6.07, 6.45) is -4.98. The highest BCUT2D eigenvalue weighted by atomic mass is 19.4. The maximum absolute atomic E-state index is 13.8. The topological polar surface area (TPSA) is 68.1 Å². The average Bonchev–Trinajstić information content (AvgIpc) is 3.08. The second-order valence-corrected chi connectivity index (χ2v) is 6.57. The molecular formula is C17H14F6N4O2. The fourth-order valence-corrected chi connectivity index (χ4v) is 3.10. The van der Waals surface area contributed by atoms with Crippen LogP contribution in [0.3, 0.4) is 0 Å². The number of halogens is 6. The molecule has 3 rings (SSSR count). The maximum atomic E-state index is 13.8. The van der Waals surface area contributed by atoms with E-state index in [4.69, 9.17) is 0 Å². The van der Waals surface area contributed by atoms with E-state index in [1.165, 1.54) is 4.90 Å². The molecule has 12 heteroatoms. The molecule has 0 saturated carbocycles. The normalized spacial score (nSPS) is 15.2. The molecule has 156 valence electrons. The van der Waals surface area contributed by atoms with Crippen molar-refractivity contribution in [1.82, 2.24) is 19.7 Å². The Morgan fingerprint density at radius 2 is 1.79 bits per heavy atom. The van der Waals surface area contributed by atoms with Crippen LogP contribution in [0.4, 0.5) is 26.3 Å². The summed E-state index contributed by atoms with van der Waals surface area (Å²) >= 11 is 0. The van der Waals surface area contributed by atoms with E-state index in [9.17, 15) is 35.9 Å². The number of carbonyl (C=O) groups is 2. The van der Waals surface area contributed by atoms with Crippen molar-refractivity contribution in [2.75, 3.05) is 6.54 Å². The minimum absolute atomic E-state index is 0.0498. The van der Waals surface area contributed by atoms with Crippen LogP contribution in [0.25, 0.3) is 0 Å². The zero-order valence-corrected chi connectivity index (χ0v) is 14.7. The Morgan fingerprint density at radius 3 is 2.45 bits per heavy atom. The van der Waals surface area contributed by atoms with Crippen molar-refractivity contribution < 1.29 is 35.9 Å². The Kier molecular flexibility index (Phi) is 5.62. The molecule has 1 atom stereocenters. The number of nitrogens with zero attached hydrogens (tertiary/aromatic N) is 4. The Morgan fingerprint density at radius 1 is 1.10 bits per heavy atom. The summed E-state index contributed by atoms with van der Waals surface area (Å²) in [5.41, 5.74) is -0.262. The maximum Gasteiger partial charge on any atom is 0.451 e. The van der Waals surface area contributed by atoms with Gasteiger partial charge in [-0.3, -0.25) is 4.79 Å². The quantitative estimate of drug-likeness (QED) is 0.424. The molecule has 1 aliphatic heterocycles. The van der Waals surface area contributed by atoms with Gasteiger partial charge in [-0.15, -0.1) is 10.2 Å². The average molecular weight is 420 g/mol. The monoisotopic (exact) mass is 420 g/mol. The predicted molar refractivity (Wildman–Crippen MR) is 84.6 cm³/mol. The molecule has 1 aliphatic rings. The molecule has 0 radical (unpaired) electrons. The van der Waals surface area contributed by atoms with Gasteiger partial charge in [0.25, 0.3) is 0 Å². The highest BCUT2D eigenvalue weighted by molar-refractivity contribution is 5.79. The van der Waals surface area contributed by atoms with Crippen LogP contribution in [0.5, 0.6) is 0 Å². The van der Waals surface area contributed by atoms with Crippen molar-refractivity contribution in [3.8, 4) is 0 Å². The molecule has 1 amide bonds. The van der Waals surface area contributed by atoms with E-state index in [0.29, 0.717) is 18.4 Å². The number of carbonyl (C=O) groups excluding carboxylic acids is 2. The molecule has 0 bridgehead atoms. The van der Waals surface area contributed by atoms with Crippen LogP contribution in [-0.4, -0.2) is 38.4 Å². The van der Waals surface area contributed by atoms with Gasteiger partial charge >= 0.3 is 6.18 Å². The number of hydrogen-bond donors (Lipinski definition) is 0. The molecule has 0 fully saturated rings. The van der Waals surface area contributed by atoms with Gasteiger partial charge in [-0.05, 0) is 18.1 Å². The number of hydrogen-bond acceptors (Lipinski definition) is 4. The van der Waals surface area contributed by atoms with Crippen LogP contribution in [0.15, 0.2) is 12.1 Å². The van der Waals surface area contributed by atoms with Gasteiger partial charge in [-0.2, -0.15) is 13.2 Å². The number of amides is 1. The largest absolute Gasteiger partial charge is 0.451 e. The van der Waals surface area contributed by atoms with E-state index in [1.807, 2.05) is 0 Å². The van der Waals surface area contributed by atoms with Crippen molar-refractivity contribution in [2.45, 2.75) is 32.1 Å². The zero-order valence-electron chi connectivity index (χ0n) is 14.7. The summed E-state index contributed by atoms with van der Waals surface area (Å²) in [5.74, 6) is -6.49. The molecule has 0 saturated heterocycles. The molecule has 2 heterocycles. The number of alkyl halides is 3. The lowest BCUT2D eigenvalue weighted by Crippen LogP contribution is -2.40. The SMILES string of the molecule is O=CC(CC(=O)N1CCn2c(nnc2C(F)(F)F)C1)Cc1cc(F)c(F)cc1F. The lowest BCUT2D eigenvalue weighted by atomic mass is 9.96. The van der Waals surface area contributed by atoms with Crippen molar-refractivity contribution >= 4 is 12.2 Å². The summed E-state index contributed by atoms with van der Waals surface area (Å²) in [5, 5.41) is 6.56. The summed E-state index contributed by atoms with van der Waals surface area (Å²) in [6.45, 7) is -0.461. The molecule has 2 aromatic rings. The molecule has 6 nitrogen and oxygen atoms in total. The lowest BCUT2D eigenvalue weighted by molar-refractivity contribution is -0.148. The van der Waals surface area contributed by atoms with E-state index < -0.39 is 41.3 Å². The van der Waals surface area contributed by atoms with E-state index in [0.717, 1.165) is 4.57 Å². The molecule has 1 aromatic heterocycles. The molecule has 1 unspecified atom stereocenters. The molecular weight excluding hydrogens is 406 g/mol. The molecule has 0 aliphatic carbocycles. The van der Waals surface area contributed by atoms with Gasteiger partial charge in [-0.25, -0.2) is 13.2 Å². The molecule has 0 N–H and O–H groups in total. The summed E-state index contributed by atoms with van der Waals surface area (Å²) in [7, 11) is 0. The van der Waals surface area contributed by atoms with Gasteiger partial charge in [0.2, 0.25) is 11.7 Å². The van der Waals surface area contributed by atoms with Crippen LogP contribution >= 0.6 is 0 Å². The van der Waals surface area contributed by atoms with Crippen LogP contribution in [0.2, 0.25) is 0 Å². The van der Waals surface area contributed by atoms with Gasteiger partial charge in [0, 0.05) is 31.5 Å². The van der Waals surface area contributed by atoms with E-state index >= 15 is 0 Å². The molecule has 0 spiro atoms. The third kappa shape index (κ3) is 4.40. The Balaban J connectivity index is 1.67. The fraction of sp³-hybridized carbons (Fsp3) is 0.412. The number of fused-ring (bicyclic) bond motifs is 1. The van der Waals surface area contributed by atoms with Gasteiger partial charge in [0.1, 0.15) is 12.1 Å². The van der Waals surface area contributed by atoms with Crippen LogP contribution in [0.1, 0.15) is 23.6 Å². The van der Waals surface area contributed by atoms with E-state index in [2.05, 4.69) is 10.2 Å². The second kappa shape index (κ2) is 7.84. The summed E-state index contributed by atoms with van der Waals surface area (Å²) in [6, 6.07) is 0.970. The highest BCUT2D eigenvalue weighted by Gasteiger charge is 2.40. The van der Waals surface area contributed by atoms with Crippen molar-refractivity contribution in [1.29, 1.82) is 0 Å². The van der Waals surface area contributed by atoms with Crippen molar-refractivity contribution in [3.63, 3.8) is 0 Å². The first-order valence-electron chi connectivity index (χ1n) is 8.46. The Bertz CT molecular complexity index is 943. The predicted octanol–water partition coefficient (Wildman–Crippen LogP) is 2.50. The summed E-state index contributed by atoms with van der Waals surface area (Å²) < 4.78 is 79.5. The van der Waals surface area contributed by atoms with E-state index in [-0.39, 0.29) is 43.9 Å². The van der Waals surface area contributed by atoms with Crippen molar-refractivity contribution in [3.05, 3.63) is 46.8 Å². The minimum Gasteiger partial charge on any atom is -0.333 e. The third-order valence-corrected chi connectivity index (χ3v) is 4.56. The number of aromatic nitrogens is 3.